The van der Waals surface area contributed by atoms with Crippen LogP contribution >= 0.6 is 0 Å². The number of carbonyl (C=O) groups is 1. The van der Waals surface area contributed by atoms with Gasteiger partial charge >= 0.3 is 0 Å². The molecule has 0 fully saturated rings. The van der Waals surface area contributed by atoms with Crippen molar-refractivity contribution in [2.45, 2.75) is 51.3 Å². The first-order valence-electron chi connectivity index (χ1n) is 12.3. The number of carbonyl (C=O) groups excluding carboxylic acids is 1. The predicted octanol–water partition coefficient (Wildman–Crippen LogP) is 1.00. The van der Waals surface area contributed by atoms with Gasteiger partial charge in [0.25, 0.3) is 5.91 Å². The third-order valence-corrected chi connectivity index (χ3v) is 5.97. The van der Waals surface area contributed by atoms with E-state index in [4.69, 9.17) is 5.11 Å². The molecule has 0 aliphatic heterocycles. The van der Waals surface area contributed by atoms with Crippen molar-refractivity contribution in [3.8, 4) is 0 Å². The summed E-state index contributed by atoms with van der Waals surface area (Å²) >= 11 is 0. The molecule has 3 atom stereocenters. The Bertz CT molecular complexity index is 1030. The van der Waals surface area contributed by atoms with Crippen LogP contribution in [0.5, 0.6) is 0 Å². The second-order valence-electron chi connectivity index (χ2n) is 8.81. The first kappa shape index (κ1) is 28.3. The average molecular weight is 510 g/mol. The number of likely N-dealkylation sites (N-methyl/N-ethyl adjacent to an activating group) is 1. The van der Waals surface area contributed by atoms with E-state index in [0.29, 0.717) is 31.7 Å². The Kier molecular flexibility index (Phi) is 11.1. The Morgan fingerprint density at radius 1 is 0.838 bits per heavy atom. The summed E-state index contributed by atoms with van der Waals surface area (Å²) in [6, 6.07) is 15.1. The quantitative estimate of drug-likeness (QED) is 0.250. The summed E-state index contributed by atoms with van der Waals surface area (Å²) in [4.78, 5) is 29.9. The minimum atomic E-state index is -1.47. The summed E-state index contributed by atoms with van der Waals surface area (Å²) < 4.78 is 0. The van der Waals surface area contributed by atoms with Crippen molar-refractivity contribution in [2.24, 2.45) is 0 Å². The van der Waals surface area contributed by atoms with Gasteiger partial charge in [0.15, 0.2) is 0 Å². The van der Waals surface area contributed by atoms with E-state index >= 15 is 0 Å². The van der Waals surface area contributed by atoms with Crippen LogP contribution in [0.4, 0.5) is 0 Å². The van der Waals surface area contributed by atoms with Crippen molar-refractivity contribution in [3.63, 3.8) is 0 Å². The topological polar surface area (TPSA) is 143 Å². The number of pyridine rings is 3. The molecule has 3 rings (SSSR count). The Morgan fingerprint density at radius 2 is 1.43 bits per heavy atom. The zero-order valence-corrected chi connectivity index (χ0v) is 21.0. The molecule has 0 saturated carbocycles. The Balaban J connectivity index is 1.67. The van der Waals surface area contributed by atoms with E-state index in [1.807, 2.05) is 36.4 Å². The maximum absolute atomic E-state index is 13.0. The van der Waals surface area contributed by atoms with E-state index in [2.05, 4.69) is 19.9 Å². The number of hydrogen-bond acceptors (Lipinski definition) is 9. The minimum absolute atomic E-state index is 0.0681. The molecule has 3 aromatic heterocycles. The van der Waals surface area contributed by atoms with Crippen molar-refractivity contribution < 1.29 is 25.2 Å². The SMILES string of the molecule is CCN(C[C@H](O)[C@@H](O)[C@H](O)CCO)C(=O)c1ccc(CN(Cc2ccccn2)Cc2ccccn2)nc1. The van der Waals surface area contributed by atoms with E-state index in [-0.39, 0.29) is 25.5 Å². The molecule has 0 bridgehead atoms. The highest BCUT2D eigenvalue weighted by atomic mass is 16.4. The molecule has 0 spiro atoms. The van der Waals surface area contributed by atoms with E-state index in [1.165, 1.54) is 11.1 Å². The van der Waals surface area contributed by atoms with Crippen molar-refractivity contribution in [2.75, 3.05) is 19.7 Å². The van der Waals surface area contributed by atoms with Crippen LogP contribution in [-0.4, -0.2) is 89.1 Å². The standard InChI is InChI=1S/C27H35N5O5/c1-2-32(19-25(35)26(36)24(34)11-14-33)27(37)20-9-10-23(30-15-20)18-31(16-21-7-3-5-12-28-21)17-22-8-4-6-13-29-22/h3-10,12-13,15,24-26,33-36H,2,11,14,16-19H2,1H3/t24-,25+,26+/m1/s1. The van der Waals surface area contributed by atoms with E-state index in [1.54, 1.807) is 31.5 Å². The number of aliphatic hydroxyl groups excluding tert-OH is 4. The number of amides is 1. The highest BCUT2D eigenvalue weighted by Gasteiger charge is 2.27. The smallest absolute Gasteiger partial charge is 0.255 e. The van der Waals surface area contributed by atoms with Gasteiger partial charge in [-0.2, -0.15) is 0 Å². The van der Waals surface area contributed by atoms with Gasteiger partial charge in [-0.05, 0) is 49.7 Å². The maximum Gasteiger partial charge on any atom is 0.255 e. The number of rotatable bonds is 14. The van der Waals surface area contributed by atoms with Crippen LogP contribution in [-0.2, 0) is 19.6 Å². The molecular weight excluding hydrogens is 474 g/mol. The second-order valence-corrected chi connectivity index (χ2v) is 8.81. The van der Waals surface area contributed by atoms with Gasteiger partial charge in [0, 0.05) is 57.9 Å². The first-order chi connectivity index (χ1) is 17.9. The van der Waals surface area contributed by atoms with Crippen molar-refractivity contribution >= 4 is 5.91 Å². The summed E-state index contributed by atoms with van der Waals surface area (Å²) in [5.41, 5.74) is 2.97. The van der Waals surface area contributed by atoms with Crippen LogP contribution in [0.2, 0.25) is 0 Å². The monoisotopic (exact) mass is 509 g/mol. The summed E-state index contributed by atoms with van der Waals surface area (Å²) in [7, 11) is 0. The lowest BCUT2D eigenvalue weighted by atomic mass is 10.0. The minimum Gasteiger partial charge on any atom is -0.396 e. The Labute approximate surface area is 216 Å². The predicted molar refractivity (Wildman–Crippen MR) is 137 cm³/mol. The highest BCUT2D eigenvalue weighted by Crippen LogP contribution is 2.14. The maximum atomic E-state index is 13.0. The normalized spacial score (nSPS) is 13.8. The number of aromatic nitrogens is 3. The van der Waals surface area contributed by atoms with Gasteiger partial charge in [-0.3, -0.25) is 24.6 Å². The summed E-state index contributed by atoms with van der Waals surface area (Å²) in [6.07, 6.45) is 0.842. The van der Waals surface area contributed by atoms with Gasteiger partial charge in [-0.15, -0.1) is 0 Å². The number of hydrogen-bond donors (Lipinski definition) is 4. The molecule has 0 aromatic carbocycles. The van der Waals surface area contributed by atoms with E-state index < -0.39 is 18.3 Å². The fourth-order valence-corrected chi connectivity index (χ4v) is 3.91. The Morgan fingerprint density at radius 3 is 1.89 bits per heavy atom. The van der Waals surface area contributed by atoms with Gasteiger partial charge < -0.3 is 25.3 Å². The van der Waals surface area contributed by atoms with Gasteiger partial charge in [-0.25, -0.2) is 0 Å². The molecule has 3 aromatic rings. The van der Waals surface area contributed by atoms with Crippen molar-refractivity contribution in [1.82, 2.24) is 24.8 Å². The zero-order chi connectivity index (χ0) is 26.6. The third-order valence-electron chi connectivity index (χ3n) is 5.97. The first-order valence-corrected chi connectivity index (χ1v) is 12.3. The van der Waals surface area contributed by atoms with Crippen LogP contribution in [0, 0.1) is 0 Å². The lowest BCUT2D eigenvalue weighted by Crippen LogP contribution is -2.46. The largest absolute Gasteiger partial charge is 0.396 e. The molecule has 4 N–H and O–H groups in total. The molecule has 0 aliphatic carbocycles. The highest BCUT2D eigenvalue weighted by molar-refractivity contribution is 5.93. The Hall–Kier alpha value is -3.28. The third kappa shape index (κ3) is 8.66. The van der Waals surface area contributed by atoms with Crippen LogP contribution in [0.25, 0.3) is 0 Å². The average Bonchev–Trinajstić information content (AvgIpc) is 2.92. The molecule has 0 radical (unpaired) electrons. The molecule has 198 valence electrons. The fourth-order valence-electron chi connectivity index (χ4n) is 3.91. The molecule has 0 unspecified atom stereocenters. The molecule has 37 heavy (non-hydrogen) atoms. The van der Waals surface area contributed by atoms with Crippen LogP contribution in [0.15, 0.2) is 67.1 Å². The zero-order valence-electron chi connectivity index (χ0n) is 21.0. The number of nitrogens with zero attached hydrogens (tertiary/aromatic N) is 5. The molecule has 10 heteroatoms. The molecule has 3 heterocycles. The molecule has 0 aliphatic rings. The molecule has 1 amide bonds. The lowest BCUT2D eigenvalue weighted by molar-refractivity contribution is -0.0720. The second kappa shape index (κ2) is 14.5. The van der Waals surface area contributed by atoms with Gasteiger partial charge in [-0.1, -0.05) is 12.1 Å². The molecule has 0 saturated heterocycles. The number of aliphatic hydroxyl groups is 4. The summed E-state index contributed by atoms with van der Waals surface area (Å²) in [5, 5.41) is 39.1. The van der Waals surface area contributed by atoms with Gasteiger partial charge in [0.2, 0.25) is 0 Å². The molecule has 10 nitrogen and oxygen atoms in total. The summed E-state index contributed by atoms with van der Waals surface area (Å²) in [5.74, 6) is -0.344. The molecular formula is C27H35N5O5. The van der Waals surface area contributed by atoms with Gasteiger partial charge in [0.1, 0.15) is 6.10 Å². The van der Waals surface area contributed by atoms with Crippen LogP contribution in [0.1, 0.15) is 40.8 Å². The van der Waals surface area contributed by atoms with Crippen molar-refractivity contribution in [1.29, 1.82) is 0 Å². The lowest BCUT2D eigenvalue weighted by Gasteiger charge is -2.28. The van der Waals surface area contributed by atoms with E-state index in [9.17, 15) is 20.1 Å². The van der Waals surface area contributed by atoms with Gasteiger partial charge in [0.05, 0.1) is 34.9 Å². The fraction of sp³-hybridized carbons (Fsp3) is 0.407. The summed E-state index contributed by atoms with van der Waals surface area (Å²) in [6.45, 7) is 3.30. The van der Waals surface area contributed by atoms with Crippen LogP contribution < -0.4 is 0 Å². The van der Waals surface area contributed by atoms with E-state index in [0.717, 1.165) is 17.1 Å². The van der Waals surface area contributed by atoms with Crippen molar-refractivity contribution in [3.05, 3.63) is 89.8 Å². The van der Waals surface area contributed by atoms with Crippen LogP contribution in [0.3, 0.4) is 0 Å².